The van der Waals surface area contributed by atoms with E-state index in [2.05, 4.69) is 4.99 Å². The monoisotopic (exact) mass is 525 g/mol. The standard InChI is InChI=1S/C25H23N3O8S/c1-5-36-24(31)20-13(2)26-25-27(21(20)14-9-10-17(34-3)18(11-14)35-4)23(30)19(37-25)12-15-7-6-8-16(22(15)29)28(32)33/h6-12,21,29H,5H2,1-4H3/t21-/m0/s1. The molecule has 11 nitrogen and oxygen atoms in total. The molecule has 37 heavy (non-hydrogen) atoms. The second-order valence-electron chi connectivity index (χ2n) is 7.89. The van der Waals surface area contributed by atoms with Gasteiger partial charge in [-0.1, -0.05) is 29.5 Å². The number of rotatable bonds is 7. The van der Waals surface area contributed by atoms with Gasteiger partial charge in [-0.2, -0.15) is 0 Å². The smallest absolute Gasteiger partial charge is 0.338 e. The summed E-state index contributed by atoms with van der Waals surface area (Å²) in [5, 5.41) is 21.6. The van der Waals surface area contributed by atoms with Crippen LogP contribution in [0.3, 0.4) is 0 Å². The summed E-state index contributed by atoms with van der Waals surface area (Å²) in [7, 11) is 2.98. The Labute approximate surface area is 214 Å². The highest BCUT2D eigenvalue weighted by molar-refractivity contribution is 7.07. The van der Waals surface area contributed by atoms with Crippen molar-refractivity contribution in [1.29, 1.82) is 0 Å². The minimum atomic E-state index is -0.893. The second-order valence-corrected chi connectivity index (χ2v) is 8.90. The molecule has 0 unspecified atom stereocenters. The number of esters is 1. The summed E-state index contributed by atoms with van der Waals surface area (Å²) >= 11 is 1.03. The molecule has 0 aliphatic carbocycles. The van der Waals surface area contributed by atoms with Gasteiger partial charge in [0.25, 0.3) is 5.56 Å². The van der Waals surface area contributed by atoms with Crippen LogP contribution >= 0.6 is 11.3 Å². The Morgan fingerprint density at radius 1 is 1.24 bits per heavy atom. The van der Waals surface area contributed by atoms with E-state index in [1.54, 1.807) is 32.0 Å². The number of nitro groups is 1. The van der Waals surface area contributed by atoms with Crippen LogP contribution in [0.15, 0.2) is 57.5 Å². The number of methoxy groups -OCH3 is 2. The van der Waals surface area contributed by atoms with Gasteiger partial charge in [-0.25, -0.2) is 9.79 Å². The number of para-hydroxylation sites is 1. The number of hydrogen-bond donors (Lipinski definition) is 1. The van der Waals surface area contributed by atoms with Gasteiger partial charge in [0, 0.05) is 11.6 Å². The van der Waals surface area contributed by atoms with Gasteiger partial charge in [-0.05, 0) is 37.6 Å². The maximum atomic E-state index is 13.7. The highest BCUT2D eigenvalue weighted by Gasteiger charge is 2.34. The van der Waals surface area contributed by atoms with Crippen molar-refractivity contribution >= 4 is 29.1 Å². The quantitative estimate of drug-likeness (QED) is 0.282. The van der Waals surface area contributed by atoms with Crippen LogP contribution in [0.25, 0.3) is 6.08 Å². The third-order valence-electron chi connectivity index (χ3n) is 5.77. The molecule has 1 N–H and O–H groups in total. The van der Waals surface area contributed by atoms with Gasteiger partial charge in [0.2, 0.25) is 5.75 Å². The molecule has 2 heterocycles. The van der Waals surface area contributed by atoms with Crippen LogP contribution in [-0.4, -0.2) is 41.4 Å². The number of allylic oxidation sites excluding steroid dienone is 1. The van der Waals surface area contributed by atoms with Crippen molar-refractivity contribution in [3.05, 3.63) is 88.6 Å². The van der Waals surface area contributed by atoms with Crippen molar-refractivity contribution in [2.24, 2.45) is 4.99 Å². The van der Waals surface area contributed by atoms with Crippen LogP contribution in [0.2, 0.25) is 0 Å². The molecule has 2 aromatic carbocycles. The molecule has 0 fully saturated rings. The zero-order valence-corrected chi connectivity index (χ0v) is 21.2. The Bertz CT molecular complexity index is 1620. The zero-order chi connectivity index (χ0) is 26.9. The first-order chi connectivity index (χ1) is 17.7. The lowest BCUT2D eigenvalue weighted by Crippen LogP contribution is -2.40. The second kappa shape index (κ2) is 10.3. The van der Waals surface area contributed by atoms with E-state index in [0.29, 0.717) is 27.6 Å². The number of phenolic OH excluding ortho intramolecular Hbond substituents is 1. The Balaban J connectivity index is 1.99. The number of nitrogens with zero attached hydrogens (tertiary/aromatic N) is 3. The average Bonchev–Trinajstić information content (AvgIpc) is 3.18. The lowest BCUT2D eigenvalue weighted by Gasteiger charge is -2.25. The van der Waals surface area contributed by atoms with Crippen LogP contribution in [0.4, 0.5) is 5.69 Å². The molecule has 1 atom stereocenters. The summed E-state index contributed by atoms with van der Waals surface area (Å²) in [6.45, 7) is 3.47. The number of fused-ring (bicyclic) bond motifs is 1. The van der Waals surface area contributed by atoms with Gasteiger partial charge in [-0.3, -0.25) is 19.5 Å². The number of aromatic hydroxyl groups is 1. The summed E-state index contributed by atoms with van der Waals surface area (Å²) < 4.78 is 17.6. The van der Waals surface area contributed by atoms with E-state index in [1.807, 2.05) is 0 Å². The summed E-state index contributed by atoms with van der Waals surface area (Å²) in [4.78, 5) is 42.0. The summed E-state index contributed by atoms with van der Waals surface area (Å²) in [5.41, 5.74) is 0.244. The molecule has 0 spiro atoms. The normalized spacial score (nSPS) is 15.1. The molecule has 0 saturated carbocycles. The molecule has 192 valence electrons. The number of hydrogen-bond acceptors (Lipinski definition) is 10. The van der Waals surface area contributed by atoms with Crippen LogP contribution < -0.4 is 24.4 Å². The Morgan fingerprint density at radius 2 is 1.97 bits per heavy atom. The number of thiazole rings is 1. The first-order valence-electron chi connectivity index (χ1n) is 11.1. The van der Waals surface area contributed by atoms with Crippen LogP contribution in [0.5, 0.6) is 17.2 Å². The Morgan fingerprint density at radius 3 is 2.62 bits per heavy atom. The maximum Gasteiger partial charge on any atom is 0.338 e. The molecule has 0 radical (unpaired) electrons. The number of nitro benzene ring substituents is 1. The lowest BCUT2D eigenvalue weighted by molar-refractivity contribution is -0.385. The van der Waals surface area contributed by atoms with E-state index in [9.17, 15) is 24.8 Å². The van der Waals surface area contributed by atoms with Crippen molar-refractivity contribution in [2.45, 2.75) is 19.9 Å². The molecule has 1 aliphatic rings. The zero-order valence-electron chi connectivity index (χ0n) is 20.4. The van der Waals surface area contributed by atoms with E-state index < -0.39 is 33.9 Å². The minimum Gasteiger partial charge on any atom is -0.502 e. The molecule has 4 rings (SSSR count). The number of benzene rings is 2. The highest BCUT2D eigenvalue weighted by atomic mass is 32.1. The van der Waals surface area contributed by atoms with Gasteiger partial charge in [-0.15, -0.1) is 0 Å². The first kappa shape index (κ1) is 25.6. The highest BCUT2D eigenvalue weighted by Crippen LogP contribution is 2.36. The third kappa shape index (κ3) is 4.58. The van der Waals surface area contributed by atoms with E-state index >= 15 is 0 Å². The van der Waals surface area contributed by atoms with Gasteiger partial charge in [0.15, 0.2) is 16.3 Å². The fourth-order valence-electron chi connectivity index (χ4n) is 4.08. The summed E-state index contributed by atoms with van der Waals surface area (Å²) in [6.07, 6.45) is 1.36. The SMILES string of the molecule is CCOC(=O)C1=C(C)N=c2sc(=Cc3cccc([N+](=O)[O-])c3O)c(=O)n2[C@H]1c1ccc(OC)c(OC)c1. The first-order valence-corrected chi connectivity index (χ1v) is 11.9. The molecule has 1 aliphatic heterocycles. The van der Waals surface area contributed by atoms with Crippen molar-refractivity contribution < 1.29 is 29.0 Å². The third-order valence-corrected chi connectivity index (χ3v) is 6.75. The number of carbonyl (C=O) groups excluding carboxylic acids is 1. The minimum absolute atomic E-state index is 0.100. The fourth-order valence-corrected chi connectivity index (χ4v) is 5.12. The molecular formula is C25H23N3O8S. The van der Waals surface area contributed by atoms with Gasteiger partial charge in [0.05, 0.1) is 47.6 Å². The van der Waals surface area contributed by atoms with E-state index in [4.69, 9.17) is 14.2 Å². The fraction of sp³-hybridized carbons (Fsp3) is 0.240. The number of aromatic nitrogens is 1. The molecule has 1 aromatic heterocycles. The predicted octanol–water partition coefficient (Wildman–Crippen LogP) is 2.43. The molecule has 12 heteroatoms. The molecule has 0 saturated heterocycles. The van der Waals surface area contributed by atoms with Crippen molar-refractivity contribution in [3.63, 3.8) is 0 Å². The van der Waals surface area contributed by atoms with Gasteiger partial charge in [0.1, 0.15) is 0 Å². The Hall–Kier alpha value is -4.45. The largest absolute Gasteiger partial charge is 0.502 e. The van der Waals surface area contributed by atoms with E-state index in [-0.39, 0.29) is 22.3 Å². The average molecular weight is 526 g/mol. The number of phenols is 1. The van der Waals surface area contributed by atoms with Crippen LogP contribution in [-0.2, 0) is 9.53 Å². The lowest BCUT2D eigenvalue weighted by atomic mass is 9.95. The van der Waals surface area contributed by atoms with Gasteiger partial charge < -0.3 is 19.3 Å². The maximum absolute atomic E-state index is 13.7. The van der Waals surface area contributed by atoms with Crippen molar-refractivity contribution in [3.8, 4) is 17.2 Å². The van der Waals surface area contributed by atoms with Crippen LogP contribution in [0, 0.1) is 10.1 Å². The van der Waals surface area contributed by atoms with Crippen LogP contribution in [0.1, 0.15) is 31.0 Å². The molecule has 0 amide bonds. The molecule has 0 bridgehead atoms. The Kier molecular flexibility index (Phi) is 7.11. The summed E-state index contributed by atoms with van der Waals surface area (Å²) in [6, 6.07) is 8.20. The predicted molar refractivity (Wildman–Crippen MR) is 135 cm³/mol. The van der Waals surface area contributed by atoms with Crippen molar-refractivity contribution in [1.82, 2.24) is 4.57 Å². The van der Waals surface area contributed by atoms with Crippen molar-refractivity contribution in [2.75, 3.05) is 20.8 Å². The topological polar surface area (TPSA) is 142 Å². The van der Waals surface area contributed by atoms with Gasteiger partial charge >= 0.3 is 11.7 Å². The van der Waals surface area contributed by atoms with E-state index in [0.717, 1.165) is 11.3 Å². The number of carbonyl (C=O) groups is 1. The van der Waals surface area contributed by atoms with E-state index in [1.165, 1.54) is 43.1 Å². The molecular weight excluding hydrogens is 502 g/mol. The molecule has 3 aromatic rings. The number of ether oxygens (including phenoxy) is 3. The summed E-state index contributed by atoms with van der Waals surface area (Å²) in [5.74, 6) is -0.299.